The summed E-state index contributed by atoms with van der Waals surface area (Å²) in [4.78, 5) is 25.9. The number of carbonyl (C=O) groups excluding carboxylic acids is 2. The van der Waals surface area contributed by atoms with Gasteiger partial charge < -0.3 is 19.7 Å². The SMILES string of the molecule is COc1ccc(OCCN(C)C(=O)c2ccc(NC(=O)C3CC3)cc2)cc1. The van der Waals surface area contributed by atoms with E-state index in [0.29, 0.717) is 24.4 Å². The summed E-state index contributed by atoms with van der Waals surface area (Å²) in [5.74, 6) is 1.62. The number of ether oxygens (including phenoxy) is 2. The Morgan fingerprint density at radius 3 is 2.26 bits per heavy atom. The van der Waals surface area contributed by atoms with Crippen LogP contribution in [-0.4, -0.2) is 44.0 Å². The fourth-order valence-corrected chi connectivity index (χ4v) is 2.58. The van der Waals surface area contributed by atoms with E-state index in [4.69, 9.17) is 9.47 Å². The third-order valence-electron chi connectivity index (χ3n) is 4.45. The van der Waals surface area contributed by atoms with E-state index < -0.39 is 0 Å². The average molecular weight is 368 g/mol. The normalized spacial score (nSPS) is 13.0. The first-order valence-corrected chi connectivity index (χ1v) is 9.00. The van der Waals surface area contributed by atoms with E-state index in [1.54, 1.807) is 43.3 Å². The molecule has 0 unspecified atom stereocenters. The van der Waals surface area contributed by atoms with E-state index in [2.05, 4.69) is 5.32 Å². The van der Waals surface area contributed by atoms with Crippen LogP contribution >= 0.6 is 0 Å². The van der Waals surface area contributed by atoms with E-state index in [9.17, 15) is 9.59 Å². The molecule has 0 aliphatic heterocycles. The Hall–Kier alpha value is -3.02. The number of anilines is 1. The third kappa shape index (κ3) is 5.23. The highest BCUT2D eigenvalue weighted by Gasteiger charge is 2.29. The summed E-state index contributed by atoms with van der Waals surface area (Å²) in [6.07, 6.45) is 1.93. The van der Waals surface area contributed by atoms with Crippen LogP contribution in [0.25, 0.3) is 0 Å². The molecule has 1 saturated carbocycles. The number of nitrogens with zero attached hydrogens (tertiary/aromatic N) is 1. The zero-order valence-corrected chi connectivity index (χ0v) is 15.6. The second kappa shape index (κ2) is 8.58. The van der Waals surface area contributed by atoms with Crippen molar-refractivity contribution in [3.05, 3.63) is 54.1 Å². The van der Waals surface area contributed by atoms with Crippen molar-refractivity contribution in [3.63, 3.8) is 0 Å². The quantitative estimate of drug-likeness (QED) is 0.777. The number of benzene rings is 2. The summed E-state index contributed by atoms with van der Waals surface area (Å²) in [5.41, 5.74) is 1.29. The molecule has 1 aliphatic rings. The summed E-state index contributed by atoms with van der Waals surface area (Å²) in [6.45, 7) is 0.856. The minimum absolute atomic E-state index is 0.0573. The van der Waals surface area contributed by atoms with Crippen molar-refractivity contribution in [3.8, 4) is 11.5 Å². The zero-order chi connectivity index (χ0) is 19.2. The Kier molecular flexibility index (Phi) is 5.96. The van der Waals surface area contributed by atoms with Gasteiger partial charge in [0.1, 0.15) is 18.1 Å². The van der Waals surface area contributed by atoms with Crippen molar-refractivity contribution in [2.45, 2.75) is 12.8 Å². The molecule has 6 nitrogen and oxygen atoms in total. The minimum Gasteiger partial charge on any atom is -0.497 e. The Labute approximate surface area is 159 Å². The van der Waals surface area contributed by atoms with Gasteiger partial charge in [-0.2, -0.15) is 0 Å². The first kappa shape index (κ1) is 18.8. The Morgan fingerprint density at radius 1 is 1.04 bits per heavy atom. The van der Waals surface area contributed by atoms with Crippen molar-refractivity contribution in [1.82, 2.24) is 4.90 Å². The van der Waals surface area contributed by atoms with Gasteiger partial charge in [0.2, 0.25) is 5.91 Å². The van der Waals surface area contributed by atoms with Crippen LogP contribution in [0.5, 0.6) is 11.5 Å². The molecule has 1 aliphatic carbocycles. The lowest BCUT2D eigenvalue weighted by atomic mass is 10.2. The van der Waals surface area contributed by atoms with Gasteiger partial charge in [-0.3, -0.25) is 9.59 Å². The molecular weight excluding hydrogens is 344 g/mol. The third-order valence-corrected chi connectivity index (χ3v) is 4.45. The second-order valence-corrected chi connectivity index (χ2v) is 6.59. The second-order valence-electron chi connectivity index (χ2n) is 6.59. The monoisotopic (exact) mass is 368 g/mol. The number of hydrogen-bond acceptors (Lipinski definition) is 4. The number of carbonyl (C=O) groups is 2. The highest BCUT2D eigenvalue weighted by molar-refractivity contribution is 5.96. The molecule has 0 saturated heterocycles. The molecule has 2 aromatic rings. The maximum absolute atomic E-state index is 12.5. The maximum atomic E-state index is 12.5. The van der Waals surface area contributed by atoms with Gasteiger partial charge in [0.25, 0.3) is 5.91 Å². The summed E-state index contributed by atoms with van der Waals surface area (Å²) in [7, 11) is 3.35. The maximum Gasteiger partial charge on any atom is 0.253 e. The van der Waals surface area contributed by atoms with Gasteiger partial charge in [-0.15, -0.1) is 0 Å². The Bertz CT molecular complexity index is 783. The van der Waals surface area contributed by atoms with Gasteiger partial charge in [0.15, 0.2) is 0 Å². The fourth-order valence-electron chi connectivity index (χ4n) is 2.58. The van der Waals surface area contributed by atoms with Crippen molar-refractivity contribution >= 4 is 17.5 Å². The van der Waals surface area contributed by atoms with Gasteiger partial charge in [-0.1, -0.05) is 0 Å². The van der Waals surface area contributed by atoms with Crippen LogP contribution in [-0.2, 0) is 4.79 Å². The van der Waals surface area contributed by atoms with Gasteiger partial charge in [0.05, 0.1) is 13.7 Å². The van der Waals surface area contributed by atoms with Gasteiger partial charge in [0, 0.05) is 24.2 Å². The standard InChI is InChI=1S/C21H24N2O4/c1-23(13-14-27-19-11-9-18(26-2)10-12-19)21(25)16-5-7-17(8-6-16)22-20(24)15-3-4-15/h5-12,15H,3-4,13-14H2,1-2H3,(H,22,24). The van der Waals surface area contributed by atoms with Gasteiger partial charge >= 0.3 is 0 Å². The topological polar surface area (TPSA) is 67.9 Å². The fraction of sp³-hybridized carbons (Fsp3) is 0.333. The lowest BCUT2D eigenvalue weighted by Crippen LogP contribution is -2.30. The zero-order valence-electron chi connectivity index (χ0n) is 15.6. The molecule has 0 spiro atoms. The van der Waals surface area contributed by atoms with Crippen LogP contribution in [0.2, 0.25) is 0 Å². The van der Waals surface area contributed by atoms with Crippen LogP contribution in [0.1, 0.15) is 23.2 Å². The Balaban J connectivity index is 1.46. The van der Waals surface area contributed by atoms with Crippen molar-refractivity contribution in [2.75, 3.05) is 32.6 Å². The van der Waals surface area contributed by atoms with E-state index in [0.717, 1.165) is 24.3 Å². The molecule has 6 heteroatoms. The molecule has 0 radical (unpaired) electrons. The van der Waals surface area contributed by atoms with E-state index in [1.165, 1.54) is 0 Å². The van der Waals surface area contributed by atoms with E-state index in [1.807, 2.05) is 24.3 Å². The van der Waals surface area contributed by atoms with Crippen molar-refractivity contribution in [1.29, 1.82) is 0 Å². The molecule has 0 heterocycles. The predicted octanol–water partition coefficient (Wildman–Crippen LogP) is 3.19. The summed E-state index contributed by atoms with van der Waals surface area (Å²) >= 11 is 0. The van der Waals surface area contributed by atoms with Crippen molar-refractivity contribution in [2.24, 2.45) is 5.92 Å². The first-order valence-electron chi connectivity index (χ1n) is 9.00. The van der Waals surface area contributed by atoms with Gasteiger partial charge in [-0.25, -0.2) is 0 Å². The summed E-state index contributed by atoms with van der Waals surface area (Å²) in [6, 6.07) is 14.3. The van der Waals surface area contributed by atoms with E-state index in [-0.39, 0.29) is 17.7 Å². The molecule has 142 valence electrons. The highest BCUT2D eigenvalue weighted by atomic mass is 16.5. The number of likely N-dealkylation sites (N-methyl/N-ethyl adjacent to an activating group) is 1. The molecule has 1 N–H and O–H groups in total. The first-order chi connectivity index (χ1) is 13.1. The number of rotatable bonds is 8. The van der Waals surface area contributed by atoms with Crippen LogP contribution in [0.4, 0.5) is 5.69 Å². The average Bonchev–Trinajstić information content (AvgIpc) is 3.54. The lowest BCUT2D eigenvalue weighted by molar-refractivity contribution is -0.117. The van der Waals surface area contributed by atoms with Gasteiger partial charge in [-0.05, 0) is 61.4 Å². The van der Waals surface area contributed by atoms with Crippen LogP contribution in [0, 0.1) is 5.92 Å². The smallest absolute Gasteiger partial charge is 0.253 e. The highest BCUT2D eigenvalue weighted by Crippen LogP contribution is 2.30. The molecule has 0 atom stereocenters. The Morgan fingerprint density at radius 2 is 1.67 bits per heavy atom. The number of nitrogens with one attached hydrogen (secondary N) is 1. The largest absolute Gasteiger partial charge is 0.497 e. The van der Waals surface area contributed by atoms with Crippen LogP contribution in [0.3, 0.4) is 0 Å². The lowest BCUT2D eigenvalue weighted by Gasteiger charge is -2.18. The van der Waals surface area contributed by atoms with Crippen molar-refractivity contribution < 1.29 is 19.1 Å². The van der Waals surface area contributed by atoms with E-state index >= 15 is 0 Å². The number of methoxy groups -OCH3 is 1. The molecule has 1 fully saturated rings. The molecule has 3 rings (SSSR count). The molecule has 2 amide bonds. The molecular formula is C21H24N2O4. The number of amides is 2. The molecule has 27 heavy (non-hydrogen) atoms. The van der Waals surface area contributed by atoms with Crippen LogP contribution < -0.4 is 14.8 Å². The molecule has 0 bridgehead atoms. The minimum atomic E-state index is -0.0894. The summed E-state index contributed by atoms with van der Waals surface area (Å²) in [5, 5.41) is 2.87. The molecule has 0 aromatic heterocycles. The van der Waals surface area contributed by atoms with Crippen LogP contribution in [0.15, 0.2) is 48.5 Å². The number of hydrogen-bond donors (Lipinski definition) is 1. The molecule has 2 aromatic carbocycles. The summed E-state index contributed by atoms with van der Waals surface area (Å²) < 4.78 is 10.8. The predicted molar refractivity (Wildman–Crippen MR) is 103 cm³/mol.